The molecule has 0 aliphatic heterocycles. The molecular weight excluding hydrogens is 331 g/mol. The molecule has 2 aromatic rings. The van der Waals surface area contributed by atoms with Crippen LogP contribution in [0.2, 0.25) is 0 Å². The molecule has 1 aromatic heterocycles. The molecule has 1 aromatic carbocycles. The highest BCUT2D eigenvalue weighted by Crippen LogP contribution is 2.07. The number of rotatable bonds is 4. The van der Waals surface area contributed by atoms with Gasteiger partial charge in [-0.2, -0.15) is 0 Å². The Morgan fingerprint density at radius 1 is 1.47 bits per heavy atom. The normalized spacial score (nSPS) is 10.2. The maximum absolute atomic E-state index is 11.8. The minimum atomic E-state index is -0.0661. The van der Waals surface area contributed by atoms with Crippen LogP contribution in [0.3, 0.4) is 0 Å². The fourth-order valence-corrected chi connectivity index (χ4v) is 1.91. The first-order valence-corrected chi connectivity index (χ1v) is 6.21. The van der Waals surface area contributed by atoms with Gasteiger partial charge in [0.05, 0.1) is 12.7 Å². The molecule has 0 aliphatic rings. The zero-order valence-corrected chi connectivity index (χ0v) is 11.2. The van der Waals surface area contributed by atoms with Gasteiger partial charge in [0.2, 0.25) is 0 Å². The number of carbonyl (C=O) groups is 1. The summed E-state index contributed by atoms with van der Waals surface area (Å²) < 4.78 is 2.72. The largest absolute Gasteiger partial charge is 0.350 e. The molecule has 0 spiro atoms. The van der Waals surface area contributed by atoms with E-state index < -0.39 is 0 Å². The number of amides is 1. The lowest BCUT2D eigenvalue weighted by atomic mass is 10.2. The first-order valence-electron chi connectivity index (χ1n) is 5.13. The SMILES string of the molecule is O=C(NCCn1ccnn1)c1cccc(I)c1. The van der Waals surface area contributed by atoms with Crippen LogP contribution in [0.15, 0.2) is 36.7 Å². The van der Waals surface area contributed by atoms with E-state index in [-0.39, 0.29) is 5.91 Å². The van der Waals surface area contributed by atoms with E-state index in [4.69, 9.17) is 0 Å². The van der Waals surface area contributed by atoms with Gasteiger partial charge in [0.15, 0.2) is 0 Å². The van der Waals surface area contributed by atoms with E-state index in [9.17, 15) is 4.79 Å². The summed E-state index contributed by atoms with van der Waals surface area (Å²) in [6.45, 7) is 1.16. The summed E-state index contributed by atoms with van der Waals surface area (Å²) in [6.07, 6.45) is 3.37. The molecule has 1 amide bonds. The van der Waals surface area contributed by atoms with E-state index >= 15 is 0 Å². The predicted molar refractivity (Wildman–Crippen MR) is 71.5 cm³/mol. The van der Waals surface area contributed by atoms with Crippen LogP contribution in [0.5, 0.6) is 0 Å². The Morgan fingerprint density at radius 3 is 3.06 bits per heavy atom. The lowest BCUT2D eigenvalue weighted by molar-refractivity contribution is 0.0952. The second-order valence-corrected chi connectivity index (χ2v) is 4.68. The zero-order valence-electron chi connectivity index (χ0n) is 9.01. The van der Waals surface area contributed by atoms with Gasteiger partial charge in [-0.05, 0) is 40.8 Å². The third kappa shape index (κ3) is 3.52. The van der Waals surface area contributed by atoms with Crippen LogP contribution < -0.4 is 5.32 Å². The van der Waals surface area contributed by atoms with Gasteiger partial charge in [0, 0.05) is 21.9 Å². The van der Waals surface area contributed by atoms with Crippen molar-refractivity contribution in [3.63, 3.8) is 0 Å². The van der Waals surface area contributed by atoms with Crippen LogP contribution in [0.1, 0.15) is 10.4 Å². The van der Waals surface area contributed by atoms with E-state index in [0.717, 1.165) is 3.57 Å². The van der Waals surface area contributed by atoms with Gasteiger partial charge < -0.3 is 5.32 Å². The van der Waals surface area contributed by atoms with Crippen LogP contribution in [-0.2, 0) is 6.54 Å². The number of hydrogen-bond donors (Lipinski definition) is 1. The summed E-state index contributed by atoms with van der Waals surface area (Å²) in [7, 11) is 0. The van der Waals surface area contributed by atoms with Crippen molar-refractivity contribution in [2.24, 2.45) is 0 Å². The lowest BCUT2D eigenvalue weighted by Gasteiger charge is -2.05. The van der Waals surface area contributed by atoms with Crippen molar-refractivity contribution in [3.8, 4) is 0 Å². The van der Waals surface area contributed by atoms with Crippen LogP contribution in [0.4, 0.5) is 0 Å². The molecule has 0 saturated carbocycles. The number of halogens is 1. The summed E-state index contributed by atoms with van der Waals surface area (Å²) >= 11 is 2.18. The molecular formula is C11H11IN4O. The second-order valence-electron chi connectivity index (χ2n) is 3.43. The lowest BCUT2D eigenvalue weighted by Crippen LogP contribution is -2.27. The Hall–Kier alpha value is -1.44. The van der Waals surface area contributed by atoms with E-state index in [2.05, 4.69) is 38.2 Å². The quantitative estimate of drug-likeness (QED) is 0.853. The highest BCUT2D eigenvalue weighted by atomic mass is 127. The number of hydrogen-bond acceptors (Lipinski definition) is 3. The smallest absolute Gasteiger partial charge is 0.251 e. The highest BCUT2D eigenvalue weighted by molar-refractivity contribution is 14.1. The van der Waals surface area contributed by atoms with Crippen molar-refractivity contribution in [2.45, 2.75) is 6.54 Å². The fraction of sp³-hybridized carbons (Fsp3) is 0.182. The third-order valence-electron chi connectivity index (χ3n) is 2.19. The van der Waals surface area contributed by atoms with E-state index in [1.54, 1.807) is 23.1 Å². The monoisotopic (exact) mass is 342 g/mol. The Labute approximate surface area is 112 Å². The maximum Gasteiger partial charge on any atom is 0.251 e. The van der Waals surface area contributed by atoms with Crippen molar-refractivity contribution in [1.82, 2.24) is 20.3 Å². The van der Waals surface area contributed by atoms with E-state index in [0.29, 0.717) is 18.7 Å². The van der Waals surface area contributed by atoms with Crippen LogP contribution in [-0.4, -0.2) is 27.4 Å². The van der Waals surface area contributed by atoms with Gasteiger partial charge in [-0.1, -0.05) is 11.3 Å². The number of benzene rings is 1. The Balaban J connectivity index is 1.85. The molecule has 88 valence electrons. The number of aromatic nitrogens is 3. The summed E-state index contributed by atoms with van der Waals surface area (Å²) in [5, 5.41) is 10.3. The summed E-state index contributed by atoms with van der Waals surface area (Å²) in [4.78, 5) is 11.8. The van der Waals surface area contributed by atoms with Crippen molar-refractivity contribution in [3.05, 3.63) is 45.8 Å². The average molecular weight is 342 g/mol. The third-order valence-corrected chi connectivity index (χ3v) is 2.86. The van der Waals surface area contributed by atoms with Crippen LogP contribution >= 0.6 is 22.6 Å². The number of nitrogens with one attached hydrogen (secondary N) is 1. The average Bonchev–Trinajstić information content (AvgIpc) is 2.82. The molecule has 0 atom stereocenters. The van der Waals surface area contributed by atoms with Gasteiger partial charge >= 0.3 is 0 Å². The number of carbonyl (C=O) groups excluding carboxylic acids is 1. The second kappa shape index (κ2) is 5.76. The summed E-state index contributed by atoms with van der Waals surface area (Å²) in [5.74, 6) is -0.0661. The topological polar surface area (TPSA) is 59.8 Å². The molecule has 2 rings (SSSR count). The molecule has 0 fully saturated rings. The molecule has 1 heterocycles. The minimum Gasteiger partial charge on any atom is -0.350 e. The summed E-state index contributed by atoms with van der Waals surface area (Å²) in [5.41, 5.74) is 0.676. The fourth-order valence-electron chi connectivity index (χ4n) is 1.37. The molecule has 17 heavy (non-hydrogen) atoms. The van der Waals surface area contributed by atoms with Crippen LogP contribution in [0, 0.1) is 3.57 Å². The Kier molecular flexibility index (Phi) is 4.08. The molecule has 1 N–H and O–H groups in total. The van der Waals surface area contributed by atoms with Crippen molar-refractivity contribution >= 4 is 28.5 Å². The van der Waals surface area contributed by atoms with Gasteiger partial charge in [0.1, 0.15) is 0 Å². The van der Waals surface area contributed by atoms with Crippen molar-refractivity contribution < 1.29 is 4.79 Å². The molecule has 0 saturated heterocycles. The van der Waals surface area contributed by atoms with Crippen molar-refractivity contribution in [1.29, 1.82) is 0 Å². The molecule has 6 heteroatoms. The standard InChI is InChI=1S/C11H11IN4O/c12-10-3-1-2-9(8-10)11(17)13-4-6-16-7-5-14-15-16/h1-3,5,7-8H,4,6H2,(H,13,17). The minimum absolute atomic E-state index is 0.0661. The van der Waals surface area contributed by atoms with Gasteiger partial charge in [-0.3, -0.25) is 9.48 Å². The zero-order chi connectivity index (χ0) is 12.1. The molecule has 0 radical (unpaired) electrons. The van der Waals surface area contributed by atoms with Crippen LogP contribution in [0.25, 0.3) is 0 Å². The van der Waals surface area contributed by atoms with E-state index in [1.165, 1.54) is 0 Å². The first-order chi connectivity index (χ1) is 8.25. The summed E-state index contributed by atoms with van der Waals surface area (Å²) in [6, 6.07) is 7.47. The Morgan fingerprint density at radius 2 is 2.35 bits per heavy atom. The number of nitrogens with zero attached hydrogens (tertiary/aromatic N) is 3. The molecule has 0 unspecified atom stereocenters. The highest BCUT2D eigenvalue weighted by Gasteiger charge is 2.04. The molecule has 5 nitrogen and oxygen atoms in total. The Bertz CT molecular complexity index is 498. The molecule has 0 bridgehead atoms. The van der Waals surface area contributed by atoms with Gasteiger partial charge in [-0.15, -0.1) is 5.10 Å². The predicted octanol–water partition coefficient (Wildman–Crippen LogP) is 1.31. The van der Waals surface area contributed by atoms with E-state index in [1.807, 2.05) is 18.2 Å². The molecule has 0 aliphatic carbocycles. The van der Waals surface area contributed by atoms with Gasteiger partial charge in [0.25, 0.3) is 5.91 Å². The van der Waals surface area contributed by atoms with Crippen molar-refractivity contribution in [2.75, 3.05) is 6.54 Å². The van der Waals surface area contributed by atoms with Gasteiger partial charge in [-0.25, -0.2) is 0 Å². The first kappa shape index (κ1) is 12.0. The maximum atomic E-state index is 11.8.